The molecule has 0 saturated carbocycles. The molecular formula is C27H37N3O5. The monoisotopic (exact) mass is 483 g/mol. The maximum Gasteiger partial charge on any atom is 0.411 e. The van der Waals surface area contributed by atoms with E-state index in [-0.39, 0.29) is 19.6 Å². The van der Waals surface area contributed by atoms with Crippen LogP contribution in [0.2, 0.25) is 0 Å². The Balaban J connectivity index is 2.08. The van der Waals surface area contributed by atoms with E-state index in [1.165, 1.54) is 4.90 Å². The van der Waals surface area contributed by atoms with E-state index in [0.717, 1.165) is 11.1 Å². The van der Waals surface area contributed by atoms with E-state index in [1.807, 2.05) is 74.5 Å². The molecule has 35 heavy (non-hydrogen) atoms. The quantitative estimate of drug-likeness (QED) is 0.475. The van der Waals surface area contributed by atoms with E-state index in [9.17, 15) is 14.4 Å². The Kier molecular flexibility index (Phi) is 9.68. The number of nitrogens with two attached hydrogens (primary N) is 1. The third-order valence-corrected chi connectivity index (χ3v) is 5.45. The van der Waals surface area contributed by atoms with Crippen molar-refractivity contribution in [2.45, 2.75) is 71.2 Å². The molecule has 0 spiro atoms. The Bertz CT molecular complexity index is 971. The van der Waals surface area contributed by atoms with E-state index in [4.69, 9.17) is 15.2 Å². The SMILES string of the molecule is CC(C)(C)OC(=O)N([C@H](CCCNC(=O)OCc1ccccc1)C(N)=O)C(C)(C)c1ccccc1. The fourth-order valence-corrected chi connectivity index (χ4v) is 3.70. The van der Waals surface area contributed by atoms with Crippen LogP contribution >= 0.6 is 0 Å². The molecular weight excluding hydrogens is 446 g/mol. The van der Waals surface area contributed by atoms with E-state index in [1.54, 1.807) is 20.8 Å². The van der Waals surface area contributed by atoms with Crippen molar-refractivity contribution in [3.05, 3.63) is 71.8 Å². The minimum absolute atomic E-state index is 0.161. The van der Waals surface area contributed by atoms with Gasteiger partial charge in [-0.25, -0.2) is 9.59 Å². The van der Waals surface area contributed by atoms with Crippen molar-refractivity contribution in [1.29, 1.82) is 0 Å². The zero-order valence-electron chi connectivity index (χ0n) is 21.2. The van der Waals surface area contributed by atoms with Gasteiger partial charge in [-0.3, -0.25) is 9.69 Å². The number of carbonyl (C=O) groups excluding carboxylic acids is 3. The van der Waals surface area contributed by atoms with E-state index < -0.39 is 35.3 Å². The van der Waals surface area contributed by atoms with E-state index in [2.05, 4.69) is 5.32 Å². The number of alkyl carbamates (subject to hydrolysis) is 1. The molecule has 0 aromatic heterocycles. The van der Waals surface area contributed by atoms with Crippen LogP contribution in [0.1, 0.15) is 58.6 Å². The summed E-state index contributed by atoms with van der Waals surface area (Å²) in [6, 6.07) is 17.8. The van der Waals surface area contributed by atoms with Gasteiger partial charge >= 0.3 is 12.2 Å². The lowest BCUT2D eigenvalue weighted by Gasteiger charge is -2.43. The van der Waals surface area contributed by atoms with Gasteiger partial charge in [-0.05, 0) is 58.6 Å². The molecule has 0 aliphatic heterocycles. The van der Waals surface area contributed by atoms with Crippen LogP contribution in [-0.4, -0.2) is 41.2 Å². The lowest BCUT2D eigenvalue weighted by Crippen LogP contribution is -2.57. The van der Waals surface area contributed by atoms with E-state index in [0.29, 0.717) is 6.42 Å². The number of nitrogens with zero attached hydrogens (tertiary/aromatic N) is 1. The topological polar surface area (TPSA) is 111 Å². The average molecular weight is 484 g/mol. The Morgan fingerprint density at radius 2 is 1.51 bits per heavy atom. The molecule has 8 nitrogen and oxygen atoms in total. The second kappa shape index (κ2) is 12.2. The molecule has 3 amide bonds. The summed E-state index contributed by atoms with van der Waals surface area (Å²) in [6.45, 7) is 9.41. The highest BCUT2D eigenvalue weighted by atomic mass is 16.6. The highest BCUT2D eigenvalue weighted by Crippen LogP contribution is 2.32. The first kappa shape index (κ1) is 27.7. The standard InChI is InChI=1S/C27H37N3O5/c1-26(2,3)35-25(33)30(27(4,5)21-15-10-7-11-16-21)22(23(28)31)17-12-18-29-24(32)34-19-20-13-8-6-9-14-20/h6-11,13-16,22H,12,17-19H2,1-5H3,(H2,28,31)(H,29,32)/t22-/m1/s1. The number of hydrogen-bond acceptors (Lipinski definition) is 5. The fraction of sp³-hybridized carbons (Fsp3) is 0.444. The van der Waals surface area contributed by atoms with Crippen LogP contribution in [0.15, 0.2) is 60.7 Å². The first-order valence-corrected chi connectivity index (χ1v) is 11.7. The predicted octanol–water partition coefficient (Wildman–Crippen LogP) is 4.72. The van der Waals surface area contributed by atoms with Crippen LogP contribution < -0.4 is 11.1 Å². The Labute approximate surface area is 207 Å². The van der Waals surface area contributed by atoms with Crippen LogP contribution in [0.4, 0.5) is 9.59 Å². The molecule has 1 atom stereocenters. The highest BCUT2D eigenvalue weighted by Gasteiger charge is 2.42. The third-order valence-electron chi connectivity index (χ3n) is 5.45. The molecule has 8 heteroatoms. The van der Waals surface area contributed by atoms with Crippen molar-refractivity contribution in [2.75, 3.05) is 6.54 Å². The van der Waals surface area contributed by atoms with Crippen molar-refractivity contribution in [3.63, 3.8) is 0 Å². The van der Waals surface area contributed by atoms with Crippen LogP contribution in [0.5, 0.6) is 0 Å². The molecule has 0 aliphatic rings. The van der Waals surface area contributed by atoms with Crippen molar-refractivity contribution in [1.82, 2.24) is 10.2 Å². The number of hydrogen-bond donors (Lipinski definition) is 2. The number of ether oxygens (including phenoxy) is 2. The zero-order valence-corrected chi connectivity index (χ0v) is 21.2. The summed E-state index contributed by atoms with van der Waals surface area (Å²) in [5, 5.41) is 2.68. The minimum atomic E-state index is -0.942. The second-order valence-corrected chi connectivity index (χ2v) is 9.82. The van der Waals surface area contributed by atoms with Gasteiger partial charge in [-0.2, -0.15) is 0 Å². The van der Waals surface area contributed by atoms with E-state index >= 15 is 0 Å². The highest BCUT2D eigenvalue weighted by molar-refractivity contribution is 5.85. The molecule has 2 aromatic carbocycles. The number of benzene rings is 2. The van der Waals surface area contributed by atoms with Crippen LogP contribution in [0.25, 0.3) is 0 Å². The van der Waals surface area contributed by atoms with Crippen LogP contribution in [0.3, 0.4) is 0 Å². The van der Waals surface area contributed by atoms with Crippen molar-refractivity contribution in [2.24, 2.45) is 5.73 Å². The molecule has 2 rings (SSSR count). The van der Waals surface area contributed by atoms with Crippen molar-refractivity contribution >= 4 is 18.1 Å². The normalized spacial score (nSPS) is 12.4. The number of nitrogens with one attached hydrogen (secondary N) is 1. The molecule has 0 aliphatic carbocycles. The lowest BCUT2D eigenvalue weighted by molar-refractivity contribution is -0.126. The summed E-state index contributed by atoms with van der Waals surface area (Å²) in [7, 11) is 0. The molecule has 3 N–H and O–H groups in total. The number of carbonyl (C=O) groups is 3. The van der Waals surface area contributed by atoms with Gasteiger partial charge in [0.1, 0.15) is 18.2 Å². The molecule has 0 saturated heterocycles. The molecule has 0 radical (unpaired) electrons. The maximum absolute atomic E-state index is 13.3. The van der Waals surface area contributed by atoms with Gasteiger partial charge in [0.2, 0.25) is 5.91 Å². The molecule has 0 fully saturated rings. The van der Waals surface area contributed by atoms with Gasteiger partial charge < -0.3 is 20.5 Å². The summed E-state index contributed by atoms with van der Waals surface area (Å²) in [4.78, 5) is 39.3. The summed E-state index contributed by atoms with van der Waals surface area (Å²) < 4.78 is 10.9. The molecule has 0 heterocycles. The number of amides is 3. The number of rotatable bonds is 10. The van der Waals surface area contributed by atoms with Crippen molar-refractivity contribution < 1.29 is 23.9 Å². The smallest absolute Gasteiger partial charge is 0.411 e. The fourth-order valence-electron chi connectivity index (χ4n) is 3.70. The first-order chi connectivity index (χ1) is 16.4. The third kappa shape index (κ3) is 8.63. The summed E-state index contributed by atoms with van der Waals surface area (Å²) in [5.41, 5.74) is 5.84. The van der Waals surface area contributed by atoms with Gasteiger partial charge in [-0.15, -0.1) is 0 Å². The van der Waals surface area contributed by atoms with Gasteiger partial charge in [0.15, 0.2) is 0 Å². The largest absolute Gasteiger partial charge is 0.445 e. The lowest BCUT2D eigenvalue weighted by atomic mass is 9.90. The molecule has 190 valence electrons. The Morgan fingerprint density at radius 3 is 2.06 bits per heavy atom. The Morgan fingerprint density at radius 1 is 0.943 bits per heavy atom. The van der Waals surface area contributed by atoms with Gasteiger partial charge in [0.25, 0.3) is 0 Å². The van der Waals surface area contributed by atoms with Gasteiger partial charge in [0, 0.05) is 6.54 Å². The van der Waals surface area contributed by atoms with Crippen molar-refractivity contribution in [3.8, 4) is 0 Å². The summed E-state index contributed by atoms with van der Waals surface area (Å²) in [6.07, 6.45) is -0.550. The average Bonchev–Trinajstić information content (AvgIpc) is 2.79. The maximum atomic E-state index is 13.3. The molecule has 0 unspecified atom stereocenters. The first-order valence-electron chi connectivity index (χ1n) is 11.7. The second-order valence-electron chi connectivity index (χ2n) is 9.82. The Hall–Kier alpha value is -3.55. The summed E-state index contributed by atoms with van der Waals surface area (Å²) in [5.74, 6) is -0.647. The minimum Gasteiger partial charge on any atom is -0.445 e. The number of primary amides is 1. The molecule has 0 bridgehead atoms. The predicted molar refractivity (Wildman–Crippen MR) is 134 cm³/mol. The van der Waals surface area contributed by atoms with Gasteiger partial charge in [-0.1, -0.05) is 60.7 Å². The van der Waals surface area contributed by atoms with Crippen LogP contribution in [0, 0.1) is 0 Å². The molecule has 2 aromatic rings. The van der Waals surface area contributed by atoms with Crippen LogP contribution in [-0.2, 0) is 26.4 Å². The van der Waals surface area contributed by atoms with Gasteiger partial charge in [0.05, 0.1) is 5.54 Å². The summed E-state index contributed by atoms with van der Waals surface area (Å²) >= 11 is 0. The zero-order chi connectivity index (χ0) is 26.1.